The average Bonchev–Trinajstić information content (AvgIpc) is 2.53. The van der Waals surface area contributed by atoms with Gasteiger partial charge in [-0.05, 0) is 24.3 Å². The fraction of sp³-hybridized carbons (Fsp3) is 0.0625. The van der Waals surface area contributed by atoms with Gasteiger partial charge >= 0.3 is 0 Å². The molecular formula is C16H10Cl3N3O2. The van der Waals surface area contributed by atoms with E-state index < -0.39 is 11.5 Å². The lowest BCUT2D eigenvalue weighted by Gasteiger charge is -2.09. The number of carbonyl (C=O) groups excluding carboxylic acids is 1. The van der Waals surface area contributed by atoms with Gasteiger partial charge in [-0.15, -0.1) is 0 Å². The first-order valence-corrected chi connectivity index (χ1v) is 7.97. The number of hydrogen-bond donors (Lipinski definition) is 1. The molecule has 0 spiro atoms. The molecule has 24 heavy (non-hydrogen) atoms. The molecule has 0 bridgehead atoms. The highest BCUT2D eigenvalue weighted by molar-refractivity contribution is 6.38. The van der Waals surface area contributed by atoms with Crippen molar-refractivity contribution in [3.05, 3.63) is 68.1 Å². The van der Waals surface area contributed by atoms with Crippen molar-refractivity contribution in [2.75, 3.05) is 5.32 Å². The predicted octanol–water partition coefficient (Wildman–Crippen LogP) is 4.00. The van der Waals surface area contributed by atoms with Crippen LogP contribution in [0.3, 0.4) is 0 Å². The van der Waals surface area contributed by atoms with Crippen LogP contribution in [0.15, 0.2) is 47.5 Å². The summed E-state index contributed by atoms with van der Waals surface area (Å²) in [7, 11) is 0. The summed E-state index contributed by atoms with van der Waals surface area (Å²) in [5.41, 5.74) is 0.407. The Labute approximate surface area is 151 Å². The zero-order valence-electron chi connectivity index (χ0n) is 12.1. The van der Waals surface area contributed by atoms with Gasteiger partial charge < -0.3 is 5.32 Å². The molecular weight excluding hydrogens is 373 g/mol. The molecule has 0 saturated carbocycles. The molecule has 0 fully saturated rings. The number of hydrogen-bond acceptors (Lipinski definition) is 3. The number of fused-ring (bicyclic) bond motifs is 1. The molecule has 0 aliphatic carbocycles. The van der Waals surface area contributed by atoms with Crippen LogP contribution in [0, 0.1) is 0 Å². The molecule has 1 heterocycles. The van der Waals surface area contributed by atoms with Gasteiger partial charge in [0.25, 0.3) is 5.56 Å². The van der Waals surface area contributed by atoms with Crippen molar-refractivity contribution < 1.29 is 4.79 Å². The normalized spacial score (nSPS) is 10.8. The third-order valence-electron chi connectivity index (χ3n) is 3.31. The standard InChI is InChI=1S/C16H10Cl3N3O2/c17-9-5-10-15(12(19)6-9)20-8-22(16(10)24)7-14(23)21-13-4-2-1-3-11(13)18/h1-6,8H,7H2,(H,21,23). The molecule has 8 heteroatoms. The molecule has 1 amide bonds. The summed E-state index contributed by atoms with van der Waals surface area (Å²) in [6.45, 7) is -0.211. The van der Waals surface area contributed by atoms with Crippen LogP contribution in [-0.4, -0.2) is 15.5 Å². The minimum atomic E-state index is -0.404. The van der Waals surface area contributed by atoms with E-state index in [0.29, 0.717) is 21.2 Å². The number of aromatic nitrogens is 2. The fourth-order valence-electron chi connectivity index (χ4n) is 2.21. The fourth-order valence-corrected chi connectivity index (χ4v) is 2.94. The van der Waals surface area contributed by atoms with Gasteiger partial charge in [-0.2, -0.15) is 0 Å². The minimum absolute atomic E-state index is 0.211. The van der Waals surface area contributed by atoms with Crippen molar-refractivity contribution >= 4 is 57.3 Å². The monoisotopic (exact) mass is 381 g/mol. The van der Waals surface area contributed by atoms with E-state index in [2.05, 4.69) is 10.3 Å². The zero-order chi connectivity index (χ0) is 17.3. The smallest absolute Gasteiger partial charge is 0.261 e. The van der Waals surface area contributed by atoms with Crippen LogP contribution in [0.2, 0.25) is 15.1 Å². The first-order valence-electron chi connectivity index (χ1n) is 6.84. The van der Waals surface area contributed by atoms with Gasteiger partial charge in [0.15, 0.2) is 0 Å². The van der Waals surface area contributed by atoms with E-state index in [1.165, 1.54) is 23.0 Å². The minimum Gasteiger partial charge on any atom is -0.323 e. The summed E-state index contributed by atoms with van der Waals surface area (Å²) in [5.74, 6) is -0.403. The Kier molecular flexibility index (Phi) is 4.76. The second-order valence-electron chi connectivity index (χ2n) is 4.99. The number of rotatable bonds is 3. The second-order valence-corrected chi connectivity index (χ2v) is 6.24. The molecule has 0 saturated heterocycles. The topological polar surface area (TPSA) is 64.0 Å². The van der Waals surface area contributed by atoms with E-state index >= 15 is 0 Å². The third-order valence-corrected chi connectivity index (χ3v) is 4.14. The highest BCUT2D eigenvalue weighted by Gasteiger charge is 2.12. The Morgan fingerprint density at radius 2 is 1.88 bits per heavy atom. The highest BCUT2D eigenvalue weighted by Crippen LogP contribution is 2.24. The van der Waals surface area contributed by atoms with Gasteiger partial charge in [0.1, 0.15) is 6.54 Å². The van der Waals surface area contributed by atoms with Gasteiger partial charge in [0.2, 0.25) is 5.91 Å². The van der Waals surface area contributed by atoms with Gasteiger partial charge in [-0.1, -0.05) is 46.9 Å². The summed E-state index contributed by atoms with van der Waals surface area (Å²) >= 11 is 17.9. The van der Waals surface area contributed by atoms with Crippen LogP contribution in [0.1, 0.15) is 0 Å². The van der Waals surface area contributed by atoms with Gasteiger partial charge in [0, 0.05) is 5.02 Å². The number of carbonyl (C=O) groups is 1. The number of nitrogens with one attached hydrogen (secondary N) is 1. The summed E-state index contributed by atoms with van der Waals surface area (Å²) < 4.78 is 1.18. The Hall–Kier alpha value is -2.08. The number of amides is 1. The van der Waals surface area contributed by atoms with E-state index in [9.17, 15) is 9.59 Å². The maximum atomic E-state index is 12.5. The second kappa shape index (κ2) is 6.81. The summed E-state index contributed by atoms with van der Waals surface area (Å²) in [4.78, 5) is 28.8. The molecule has 0 atom stereocenters. The number of benzene rings is 2. The van der Waals surface area contributed by atoms with Crippen LogP contribution < -0.4 is 10.9 Å². The Bertz CT molecular complexity index is 1000. The van der Waals surface area contributed by atoms with E-state index in [4.69, 9.17) is 34.8 Å². The lowest BCUT2D eigenvalue weighted by atomic mass is 10.2. The quantitative estimate of drug-likeness (QED) is 0.745. The molecule has 0 unspecified atom stereocenters. The molecule has 1 aromatic heterocycles. The average molecular weight is 383 g/mol. The Morgan fingerprint density at radius 3 is 2.62 bits per heavy atom. The maximum absolute atomic E-state index is 12.5. The number of halogens is 3. The summed E-state index contributed by atoms with van der Waals surface area (Å²) in [6.07, 6.45) is 1.27. The largest absolute Gasteiger partial charge is 0.323 e. The highest BCUT2D eigenvalue weighted by atomic mass is 35.5. The molecule has 0 radical (unpaired) electrons. The van der Waals surface area contributed by atoms with Crippen LogP contribution in [0.5, 0.6) is 0 Å². The SMILES string of the molecule is O=C(Cn1cnc2c(Cl)cc(Cl)cc2c1=O)Nc1ccccc1Cl. The maximum Gasteiger partial charge on any atom is 0.261 e. The molecule has 3 aromatic rings. The predicted molar refractivity (Wildman–Crippen MR) is 96.1 cm³/mol. The van der Waals surface area contributed by atoms with E-state index in [-0.39, 0.29) is 17.0 Å². The van der Waals surface area contributed by atoms with Gasteiger partial charge in [0.05, 0.1) is 33.0 Å². The molecule has 0 aliphatic rings. The van der Waals surface area contributed by atoms with Crippen molar-refractivity contribution in [2.24, 2.45) is 0 Å². The number of anilines is 1. The van der Waals surface area contributed by atoms with Crippen LogP contribution in [0.25, 0.3) is 10.9 Å². The third kappa shape index (κ3) is 3.38. The van der Waals surface area contributed by atoms with Crippen molar-refractivity contribution in [1.82, 2.24) is 9.55 Å². The van der Waals surface area contributed by atoms with Crippen molar-refractivity contribution in [2.45, 2.75) is 6.54 Å². The van der Waals surface area contributed by atoms with E-state index in [1.807, 2.05) is 0 Å². The molecule has 3 rings (SSSR count). The van der Waals surface area contributed by atoms with Crippen LogP contribution in [-0.2, 0) is 11.3 Å². The first-order chi connectivity index (χ1) is 11.5. The molecule has 5 nitrogen and oxygen atoms in total. The molecule has 122 valence electrons. The van der Waals surface area contributed by atoms with Crippen LogP contribution in [0.4, 0.5) is 5.69 Å². The first kappa shape index (κ1) is 16.8. The number of para-hydroxylation sites is 1. The Morgan fingerprint density at radius 1 is 1.12 bits per heavy atom. The Balaban J connectivity index is 1.90. The molecule has 1 N–H and O–H groups in total. The van der Waals surface area contributed by atoms with Crippen molar-refractivity contribution in [3.63, 3.8) is 0 Å². The zero-order valence-corrected chi connectivity index (χ0v) is 14.4. The van der Waals surface area contributed by atoms with E-state index in [1.54, 1.807) is 24.3 Å². The van der Waals surface area contributed by atoms with Crippen molar-refractivity contribution in [3.8, 4) is 0 Å². The summed E-state index contributed by atoms with van der Waals surface area (Å²) in [6, 6.07) is 9.80. The van der Waals surface area contributed by atoms with Gasteiger partial charge in [-0.25, -0.2) is 4.98 Å². The molecule has 0 aliphatic heterocycles. The lowest BCUT2D eigenvalue weighted by molar-refractivity contribution is -0.116. The van der Waals surface area contributed by atoms with Crippen molar-refractivity contribution in [1.29, 1.82) is 0 Å². The summed E-state index contributed by atoms with van der Waals surface area (Å²) in [5, 5.41) is 3.91. The van der Waals surface area contributed by atoms with E-state index in [0.717, 1.165) is 0 Å². The molecule has 2 aromatic carbocycles. The van der Waals surface area contributed by atoms with Crippen LogP contribution >= 0.6 is 34.8 Å². The van der Waals surface area contributed by atoms with Gasteiger partial charge in [-0.3, -0.25) is 14.2 Å². The lowest BCUT2D eigenvalue weighted by Crippen LogP contribution is -2.28. The number of nitrogens with zero attached hydrogens (tertiary/aromatic N) is 2.